The quantitative estimate of drug-likeness (QED) is 0.149. The van der Waals surface area contributed by atoms with E-state index in [-0.39, 0.29) is 54.4 Å². The molecule has 10 rings (SSSR count). The van der Waals surface area contributed by atoms with Crippen molar-refractivity contribution in [2.45, 2.75) is 33.1 Å². The molecule has 0 bridgehead atoms. The molecule has 59 heavy (non-hydrogen) atoms. The number of ether oxygens (including phenoxy) is 1. The van der Waals surface area contributed by atoms with Crippen LogP contribution in [0.4, 0.5) is 22.7 Å². The molecule has 9 aromatic rings. The Hall–Kier alpha value is -6.42. The van der Waals surface area contributed by atoms with Crippen molar-refractivity contribution in [1.82, 2.24) is 9.55 Å². The van der Waals surface area contributed by atoms with E-state index in [1.54, 1.807) is 29.8 Å². The Morgan fingerprint density at radius 1 is 0.661 bits per heavy atom. The second kappa shape index (κ2) is 15.4. The Morgan fingerprint density at radius 3 is 2.02 bits per heavy atom. The van der Waals surface area contributed by atoms with E-state index in [9.17, 15) is 0 Å². The van der Waals surface area contributed by atoms with Crippen molar-refractivity contribution < 1.29 is 39.5 Å². The molecule has 0 unspecified atom stereocenters. The summed E-state index contributed by atoms with van der Waals surface area (Å²) >= 11 is 0. The molecular weight excluding hydrogens is 904 g/mol. The number of aromatic nitrogens is 2. The summed E-state index contributed by atoms with van der Waals surface area (Å²) in [6, 6.07) is 34.1. The van der Waals surface area contributed by atoms with E-state index in [2.05, 4.69) is 55.7 Å². The third-order valence-electron chi connectivity index (χ3n) is 10.3. The minimum atomic E-state index is -0.563. The Labute approximate surface area is 374 Å². The van der Waals surface area contributed by atoms with Gasteiger partial charge in [0.15, 0.2) is 0 Å². The topological polar surface area (TPSA) is 33.5 Å². The summed E-state index contributed by atoms with van der Waals surface area (Å²) in [6.45, 7) is 10.2. The molecule has 0 aliphatic carbocycles. The van der Waals surface area contributed by atoms with Crippen molar-refractivity contribution in [2.75, 3.05) is 9.80 Å². The smallest absolute Gasteiger partial charge is 0.135 e. The van der Waals surface area contributed by atoms with E-state index in [1.807, 2.05) is 84.8 Å². The molecule has 0 spiro atoms. The zero-order valence-corrected chi connectivity index (χ0v) is 34.8. The molecule has 0 saturated heterocycles. The summed E-state index contributed by atoms with van der Waals surface area (Å²) in [5.41, 5.74) is 5.84. The molecule has 0 radical (unpaired) electrons. The van der Waals surface area contributed by atoms with Gasteiger partial charge in [-0.1, -0.05) is 142 Å². The SMILES string of the molecule is [2H]c1c([2H])c([2H])c(-c2cccc(-c3c([2H])c([2H])c([2H])c([2H])c3[2H])c2N2[CH-]N(c3[c-]c(Oc4[c-]c5c(cc4)c4ccccc4n5-c4cc(C(C)(C)C)ccn4)cc(C)c3)c3ccccc32)c([2H])c1[2H].[Pt]. The fraction of sp³-hybridized carbons (Fsp3) is 0.0943. The largest absolute Gasteiger partial charge is 0.509 e. The van der Waals surface area contributed by atoms with Crippen molar-refractivity contribution in [2.24, 2.45) is 0 Å². The van der Waals surface area contributed by atoms with Crippen molar-refractivity contribution in [3.8, 4) is 39.6 Å². The molecule has 3 heterocycles. The summed E-state index contributed by atoms with van der Waals surface area (Å²) < 4.78 is 95.7. The summed E-state index contributed by atoms with van der Waals surface area (Å²) in [7, 11) is 0. The van der Waals surface area contributed by atoms with E-state index in [0.717, 1.165) is 38.8 Å². The van der Waals surface area contributed by atoms with Gasteiger partial charge in [-0.3, -0.25) is 0 Å². The van der Waals surface area contributed by atoms with Gasteiger partial charge in [-0.2, -0.15) is 11.6 Å². The normalized spacial score (nSPS) is 14.8. The zero-order chi connectivity index (χ0) is 48.1. The first-order valence-electron chi connectivity index (χ1n) is 23.9. The van der Waals surface area contributed by atoms with Gasteiger partial charge in [0, 0.05) is 72.5 Å². The van der Waals surface area contributed by atoms with Crippen LogP contribution in [0.5, 0.6) is 11.5 Å². The number of benzene rings is 7. The molecule has 1 aliphatic heterocycles. The number of anilines is 4. The molecule has 0 fully saturated rings. The molecule has 7 aromatic carbocycles. The molecule has 5 nitrogen and oxygen atoms in total. The standard InChI is InChI=1S/C53H41N4O.Pt/c1-36-30-40(33-42(31-36)58-41-26-27-46-45-20-11-12-23-47(45)57(50(46)34-41)51-32-39(28-29-54-51)53(2,3)4)55-35-56(49-25-14-13-24-48(49)55)52-43(37-16-7-5-8-17-37)21-15-22-44(52)38-18-9-6-10-19-38;/h5-32,35H,1-4H3;/q-3;/i5D,6D,7D,8D,9D,10D,16D,17D,18D,19D;. The minimum Gasteiger partial charge on any atom is -0.509 e. The Bertz CT molecular complexity index is 3430. The summed E-state index contributed by atoms with van der Waals surface area (Å²) in [5, 5.41) is 2.04. The Morgan fingerprint density at radius 2 is 1.32 bits per heavy atom. The molecule has 1 aliphatic rings. The number of nitrogens with zero attached hydrogens (tertiary/aromatic N) is 4. The van der Waals surface area contributed by atoms with E-state index in [1.165, 1.54) is 0 Å². The first-order chi connectivity index (χ1) is 32.4. The van der Waals surface area contributed by atoms with Crippen LogP contribution in [0.15, 0.2) is 170 Å². The van der Waals surface area contributed by atoms with Gasteiger partial charge < -0.3 is 19.1 Å². The van der Waals surface area contributed by atoms with Gasteiger partial charge in [-0.15, -0.1) is 48.1 Å². The van der Waals surface area contributed by atoms with Crippen LogP contribution in [0.1, 0.15) is 45.6 Å². The van der Waals surface area contributed by atoms with Gasteiger partial charge in [-0.25, -0.2) is 4.98 Å². The van der Waals surface area contributed by atoms with E-state index >= 15 is 0 Å². The predicted octanol–water partition coefficient (Wildman–Crippen LogP) is 13.9. The summed E-state index contributed by atoms with van der Waals surface area (Å²) in [4.78, 5) is 8.43. The summed E-state index contributed by atoms with van der Waals surface area (Å²) in [5.74, 6) is 1.61. The van der Waals surface area contributed by atoms with Crippen LogP contribution >= 0.6 is 0 Å². The second-order valence-corrected chi connectivity index (χ2v) is 15.1. The number of aryl methyl sites for hydroxylation is 1. The fourth-order valence-electron chi connectivity index (χ4n) is 7.60. The van der Waals surface area contributed by atoms with Crippen LogP contribution in [0.2, 0.25) is 0 Å². The number of pyridine rings is 1. The molecule has 2 aromatic heterocycles. The van der Waals surface area contributed by atoms with Crippen LogP contribution in [-0.4, -0.2) is 9.55 Å². The fourth-order valence-corrected chi connectivity index (χ4v) is 7.60. The van der Waals surface area contributed by atoms with Crippen LogP contribution < -0.4 is 14.5 Å². The second-order valence-electron chi connectivity index (χ2n) is 15.1. The zero-order valence-electron chi connectivity index (χ0n) is 42.5. The average molecular weight is 955 g/mol. The predicted molar refractivity (Wildman–Crippen MR) is 239 cm³/mol. The van der Waals surface area contributed by atoms with E-state index in [0.29, 0.717) is 28.6 Å². The van der Waals surface area contributed by atoms with Gasteiger partial charge in [0.2, 0.25) is 0 Å². The molecule has 0 amide bonds. The maximum Gasteiger partial charge on any atom is 0.135 e. The molecule has 6 heteroatoms. The maximum absolute atomic E-state index is 9.02. The van der Waals surface area contributed by atoms with Gasteiger partial charge >= 0.3 is 0 Å². The maximum atomic E-state index is 9.02. The molecule has 0 N–H and O–H groups in total. The van der Waals surface area contributed by atoms with E-state index < -0.39 is 60.4 Å². The molecular formula is C53H41N4OPt-3. The van der Waals surface area contributed by atoms with Crippen LogP contribution in [0.3, 0.4) is 0 Å². The van der Waals surface area contributed by atoms with Gasteiger partial charge in [0.1, 0.15) is 5.82 Å². The number of rotatable bonds is 7. The monoisotopic (exact) mass is 954 g/mol. The Balaban J connectivity index is 0.00000593. The minimum absolute atomic E-state index is 0. The van der Waals surface area contributed by atoms with Crippen LogP contribution in [0, 0.1) is 25.7 Å². The van der Waals surface area contributed by atoms with Crippen molar-refractivity contribution in [1.29, 1.82) is 0 Å². The first-order valence-corrected chi connectivity index (χ1v) is 18.9. The van der Waals surface area contributed by atoms with Gasteiger partial charge in [-0.05, 0) is 57.8 Å². The Kier molecular flexibility index (Phi) is 7.33. The van der Waals surface area contributed by atoms with Gasteiger partial charge in [0.05, 0.1) is 13.7 Å². The van der Waals surface area contributed by atoms with Crippen LogP contribution in [-0.2, 0) is 26.5 Å². The third-order valence-corrected chi connectivity index (χ3v) is 10.3. The first kappa shape index (κ1) is 28.1. The van der Waals surface area contributed by atoms with Crippen molar-refractivity contribution in [3.05, 3.63) is 200 Å². The van der Waals surface area contributed by atoms with E-state index in [4.69, 9.17) is 23.4 Å². The van der Waals surface area contributed by atoms with Gasteiger partial charge in [0.25, 0.3) is 0 Å². The third kappa shape index (κ3) is 7.00. The number of hydrogen-bond donors (Lipinski definition) is 0. The molecule has 0 atom stereocenters. The van der Waals surface area contributed by atoms with Crippen molar-refractivity contribution >= 4 is 44.6 Å². The van der Waals surface area contributed by atoms with Crippen LogP contribution in [0.25, 0.3) is 49.9 Å². The number of para-hydroxylation sites is 4. The van der Waals surface area contributed by atoms with Crippen molar-refractivity contribution in [3.63, 3.8) is 0 Å². The molecule has 0 saturated carbocycles. The number of hydrogen-bond acceptors (Lipinski definition) is 4. The molecule has 292 valence electrons. The summed E-state index contributed by atoms with van der Waals surface area (Å²) in [6.07, 6.45) is 1.83. The average Bonchev–Trinajstić information content (AvgIpc) is 3.87. The number of fused-ring (bicyclic) bond motifs is 4.